The third-order valence-corrected chi connectivity index (χ3v) is 3.96. The van der Waals surface area contributed by atoms with E-state index in [9.17, 15) is 14.0 Å². The van der Waals surface area contributed by atoms with Gasteiger partial charge in [0.15, 0.2) is 0 Å². The van der Waals surface area contributed by atoms with E-state index in [1.54, 1.807) is 18.2 Å². The fourth-order valence-corrected chi connectivity index (χ4v) is 2.46. The molecule has 27 heavy (non-hydrogen) atoms. The summed E-state index contributed by atoms with van der Waals surface area (Å²) in [6, 6.07) is 9.34. The lowest BCUT2D eigenvalue weighted by molar-refractivity contribution is -0.118. The number of amides is 2. The Hall–Kier alpha value is -3.09. The number of carbonyl (C=O) groups excluding carboxylic acids is 2. The van der Waals surface area contributed by atoms with Crippen LogP contribution in [0.5, 0.6) is 11.5 Å². The van der Waals surface area contributed by atoms with Crippen molar-refractivity contribution in [3.05, 3.63) is 53.8 Å². The Balaban J connectivity index is 2.15. The fraction of sp³-hybridized carbons (Fsp3) is 0.300. The minimum Gasteiger partial charge on any atom is -0.497 e. The first-order valence-corrected chi connectivity index (χ1v) is 8.44. The number of halogens is 1. The van der Waals surface area contributed by atoms with Crippen LogP contribution in [0, 0.1) is 11.7 Å². The second-order valence-corrected chi connectivity index (χ2v) is 6.29. The molecular formula is C20H23FN2O4. The monoisotopic (exact) mass is 374 g/mol. The topological polar surface area (TPSA) is 76.7 Å². The lowest BCUT2D eigenvalue weighted by Gasteiger charge is -2.22. The lowest BCUT2D eigenvalue weighted by Crippen LogP contribution is -2.47. The molecule has 0 aliphatic carbocycles. The molecule has 7 heteroatoms. The Kier molecular flexibility index (Phi) is 6.76. The summed E-state index contributed by atoms with van der Waals surface area (Å²) in [5.74, 6) is -0.372. The van der Waals surface area contributed by atoms with E-state index >= 15 is 0 Å². The summed E-state index contributed by atoms with van der Waals surface area (Å²) < 4.78 is 23.4. The second-order valence-electron chi connectivity index (χ2n) is 6.29. The quantitative estimate of drug-likeness (QED) is 0.780. The van der Waals surface area contributed by atoms with Crippen LogP contribution in [0.25, 0.3) is 0 Å². The molecule has 0 bridgehead atoms. The van der Waals surface area contributed by atoms with Crippen molar-refractivity contribution in [3.8, 4) is 11.5 Å². The van der Waals surface area contributed by atoms with Gasteiger partial charge < -0.3 is 20.1 Å². The first kappa shape index (κ1) is 20.2. The largest absolute Gasteiger partial charge is 0.497 e. The van der Waals surface area contributed by atoms with Crippen molar-refractivity contribution in [3.63, 3.8) is 0 Å². The second kappa shape index (κ2) is 9.02. The van der Waals surface area contributed by atoms with Gasteiger partial charge in [-0.3, -0.25) is 9.59 Å². The molecule has 0 radical (unpaired) electrons. The van der Waals surface area contributed by atoms with Crippen LogP contribution in [-0.4, -0.2) is 32.1 Å². The van der Waals surface area contributed by atoms with E-state index in [-0.39, 0.29) is 17.4 Å². The van der Waals surface area contributed by atoms with Gasteiger partial charge in [-0.25, -0.2) is 4.39 Å². The number of nitrogens with one attached hydrogen (secondary N) is 2. The molecule has 2 aromatic rings. The predicted molar refractivity (Wildman–Crippen MR) is 101 cm³/mol. The molecule has 2 rings (SSSR count). The molecule has 1 atom stereocenters. The van der Waals surface area contributed by atoms with Crippen LogP contribution >= 0.6 is 0 Å². The average Bonchev–Trinajstić information content (AvgIpc) is 2.65. The van der Waals surface area contributed by atoms with Crippen LogP contribution in [-0.2, 0) is 4.79 Å². The molecule has 0 spiro atoms. The van der Waals surface area contributed by atoms with Gasteiger partial charge in [-0.2, -0.15) is 0 Å². The van der Waals surface area contributed by atoms with Crippen LogP contribution in [0.4, 0.5) is 10.1 Å². The SMILES string of the molecule is COc1cc(NC(=O)[C@@H](NC(=O)c2ccc(F)cc2)C(C)C)cc(OC)c1. The number of ether oxygens (including phenoxy) is 2. The smallest absolute Gasteiger partial charge is 0.251 e. The Morgan fingerprint density at radius 1 is 0.963 bits per heavy atom. The number of methoxy groups -OCH3 is 2. The third kappa shape index (κ3) is 5.44. The minimum absolute atomic E-state index is 0.165. The van der Waals surface area contributed by atoms with Crippen LogP contribution in [0.1, 0.15) is 24.2 Å². The van der Waals surface area contributed by atoms with Gasteiger partial charge in [-0.1, -0.05) is 13.8 Å². The minimum atomic E-state index is -0.778. The van der Waals surface area contributed by atoms with Crippen LogP contribution in [0.2, 0.25) is 0 Å². The summed E-state index contributed by atoms with van der Waals surface area (Å²) >= 11 is 0. The van der Waals surface area contributed by atoms with Crippen LogP contribution in [0.3, 0.4) is 0 Å². The third-order valence-electron chi connectivity index (χ3n) is 3.96. The first-order chi connectivity index (χ1) is 12.8. The maximum absolute atomic E-state index is 13.0. The van der Waals surface area contributed by atoms with Crippen molar-refractivity contribution < 1.29 is 23.5 Å². The van der Waals surface area contributed by atoms with Crippen molar-refractivity contribution in [1.29, 1.82) is 0 Å². The van der Waals surface area contributed by atoms with Gasteiger partial charge in [0.1, 0.15) is 23.4 Å². The molecule has 0 fully saturated rings. The predicted octanol–water partition coefficient (Wildman–Crippen LogP) is 3.24. The highest BCUT2D eigenvalue weighted by atomic mass is 19.1. The molecular weight excluding hydrogens is 351 g/mol. The van der Waals surface area contributed by atoms with E-state index in [0.29, 0.717) is 17.2 Å². The van der Waals surface area contributed by atoms with Crippen molar-refractivity contribution in [2.24, 2.45) is 5.92 Å². The Labute approximate surface area is 157 Å². The number of hydrogen-bond acceptors (Lipinski definition) is 4. The Morgan fingerprint density at radius 2 is 1.52 bits per heavy atom. The summed E-state index contributed by atoms with van der Waals surface area (Å²) in [5.41, 5.74) is 0.760. The van der Waals surface area contributed by atoms with E-state index in [2.05, 4.69) is 10.6 Å². The highest BCUT2D eigenvalue weighted by molar-refractivity contribution is 6.01. The molecule has 6 nitrogen and oxygen atoms in total. The Bertz CT molecular complexity index is 784. The molecule has 0 saturated carbocycles. The summed E-state index contributed by atoms with van der Waals surface area (Å²) in [5, 5.41) is 5.46. The molecule has 2 aromatic carbocycles. The summed E-state index contributed by atoms with van der Waals surface area (Å²) in [6.07, 6.45) is 0. The highest BCUT2D eigenvalue weighted by Crippen LogP contribution is 2.26. The van der Waals surface area contributed by atoms with Gasteiger partial charge in [-0.15, -0.1) is 0 Å². The van der Waals surface area contributed by atoms with E-state index < -0.39 is 17.8 Å². The molecule has 2 N–H and O–H groups in total. The van der Waals surface area contributed by atoms with E-state index in [4.69, 9.17) is 9.47 Å². The van der Waals surface area contributed by atoms with Gasteiger partial charge in [0.2, 0.25) is 5.91 Å². The zero-order valence-electron chi connectivity index (χ0n) is 15.7. The normalized spacial score (nSPS) is 11.6. The van der Waals surface area contributed by atoms with Crippen molar-refractivity contribution in [1.82, 2.24) is 5.32 Å². The molecule has 2 amide bonds. The van der Waals surface area contributed by atoms with Gasteiger partial charge in [0.25, 0.3) is 5.91 Å². The standard InChI is InChI=1S/C20H23FN2O4/c1-12(2)18(23-19(24)13-5-7-14(21)8-6-13)20(25)22-15-9-16(26-3)11-17(10-15)27-4/h5-12,18H,1-4H3,(H,22,25)(H,23,24)/t18-/m0/s1. The average molecular weight is 374 g/mol. The molecule has 0 aliphatic heterocycles. The van der Waals surface area contributed by atoms with Crippen molar-refractivity contribution >= 4 is 17.5 Å². The molecule has 0 aliphatic rings. The molecule has 0 aromatic heterocycles. The van der Waals surface area contributed by atoms with E-state index in [1.165, 1.54) is 38.5 Å². The molecule has 0 heterocycles. The fourth-order valence-electron chi connectivity index (χ4n) is 2.46. The number of benzene rings is 2. The number of rotatable bonds is 7. The van der Waals surface area contributed by atoms with Gasteiger partial charge >= 0.3 is 0 Å². The van der Waals surface area contributed by atoms with Gasteiger partial charge in [-0.05, 0) is 30.2 Å². The first-order valence-electron chi connectivity index (χ1n) is 8.44. The summed E-state index contributed by atoms with van der Waals surface area (Å²) in [6.45, 7) is 3.64. The molecule has 0 unspecified atom stereocenters. The Morgan fingerprint density at radius 3 is 2.00 bits per heavy atom. The number of hydrogen-bond donors (Lipinski definition) is 2. The number of carbonyl (C=O) groups is 2. The van der Waals surface area contributed by atoms with Gasteiger partial charge in [0.05, 0.1) is 14.2 Å². The zero-order valence-corrected chi connectivity index (χ0v) is 15.7. The lowest BCUT2D eigenvalue weighted by atomic mass is 10.0. The van der Waals surface area contributed by atoms with E-state index in [1.807, 2.05) is 13.8 Å². The maximum Gasteiger partial charge on any atom is 0.251 e. The highest BCUT2D eigenvalue weighted by Gasteiger charge is 2.25. The molecule has 144 valence electrons. The van der Waals surface area contributed by atoms with Crippen molar-refractivity contribution in [2.75, 3.05) is 19.5 Å². The summed E-state index contributed by atoms with van der Waals surface area (Å²) in [4.78, 5) is 25.1. The maximum atomic E-state index is 13.0. The zero-order chi connectivity index (χ0) is 20.0. The van der Waals surface area contributed by atoms with Crippen LogP contribution in [0.15, 0.2) is 42.5 Å². The van der Waals surface area contributed by atoms with Gasteiger partial charge in [0, 0.05) is 29.4 Å². The van der Waals surface area contributed by atoms with Crippen LogP contribution < -0.4 is 20.1 Å². The molecule has 0 saturated heterocycles. The number of anilines is 1. The van der Waals surface area contributed by atoms with Crippen molar-refractivity contribution in [2.45, 2.75) is 19.9 Å². The van der Waals surface area contributed by atoms with E-state index in [0.717, 1.165) is 0 Å². The summed E-state index contributed by atoms with van der Waals surface area (Å²) in [7, 11) is 3.03.